The van der Waals surface area contributed by atoms with E-state index >= 15 is 0 Å². The van der Waals surface area contributed by atoms with Crippen LogP contribution >= 0.6 is 11.3 Å². The Morgan fingerprint density at radius 1 is 1.46 bits per heavy atom. The fourth-order valence-corrected chi connectivity index (χ4v) is 4.05. The van der Waals surface area contributed by atoms with Crippen molar-refractivity contribution in [1.29, 1.82) is 0 Å². The van der Waals surface area contributed by atoms with Gasteiger partial charge in [-0.15, -0.1) is 11.3 Å². The van der Waals surface area contributed by atoms with Crippen LogP contribution in [0.5, 0.6) is 5.75 Å². The average Bonchev–Trinajstić information content (AvgIpc) is 3.17. The summed E-state index contributed by atoms with van der Waals surface area (Å²) in [5.41, 5.74) is 2.74. The maximum absolute atomic E-state index is 12.5. The van der Waals surface area contributed by atoms with E-state index in [1.54, 1.807) is 5.38 Å². The van der Waals surface area contributed by atoms with Gasteiger partial charge < -0.3 is 15.2 Å². The molecule has 0 spiro atoms. The lowest BCUT2D eigenvalue weighted by Crippen LogP contribution is -2.41. The van der Waals surface area contributed by atoms with Crippen LogP contribution in [0, 0.1) is 12.8 Å². The number of carbonyl (C=O) groups excluding carboxylic acids is 1. The molecule has 1 fully saturated rings. The summed E-state index contributed by atoms with van der Waals surface area (Å²) in [4.78, 5) is 16.8. The minimum atomic E-state index is -0.256. The van der Waals surface area contributed by atoms with Gasteiger partial charge >= 0.3 is 0 Å². The zero-order chi connectivity index (χ0) is 16.7. The number of amides is 1. The van der Waals surface area contributed by atoms with Crippen molar-refractivity contribution in [2.75, 3.05) is 6.61 Å². The van der Waals surface area contributed by atoms with Crippen LogP contribution in [0.4, 0.5) is 0 Å². The minimum Gasteiger partial charge on any atom is -0.493 e. The normalized spacial score (nSPS) is 23.1. The van der Waals surface area contributed by atoms with Crippen molar-refractivity contribution in [3.8, 4) is 5.75 Å². The van der Waals surface area contributed by atoms with Gasteiger partial charge in [0.25, 0.3) is 5.91 Å². The topological polar surface area (TPSA) is 71.5 Å². The molecule has 1 saturated carbocycles. The van der Waals surface area contributed by atoms with Gasteiger partial charge in [-0.2, -0.15) is 0 Å². The van der Waals surface area contributed by atoms with E-state index < -0.39 is 0 Å². The van der Waals surface area contributed by atoms with E-state index in [1.165, 1.54) is 16.9 Å². The van der Waals surface area contributed by atoms with E-state index in [-0.39, 0.29) is 24.0 Å². The van der Waals surface area contributed by atoms with Crippen LogP contribution in [-0.4, -0.2) is 28.7 Å². The van der Waals surface area contributed by atoms with E-state index in [0.29, 0.717) is 18.5 Å². The molecule has 2 aliphatic rings. The van der Waals surface area contributed by atoms with Crippen LogP contribution in [0.15, 0.2) is 23.6 Å². The van der Waals surface area contributed by atoms with Crippen molar-refractivity contribution < 1.29 is 14.6 Å². The van der Waals surface area contributed by atoms with Gasteiger partial charge in [0, 0.05) is 11.8 Å². The number of aliphatic hydroxyl groups is 1. The van der Waals surface area contributed by atoms with Crippen LogP contribution in [0.1, 0.15) is 45.5 Å². The number of hydrogen-bond acceptors (Lipinski definition) is 5. The predicted octanol–water partition coefficient (Wildman–Crippen LogP) is 2.63. The molecule has 1 atom stereocenters. The molecule has 2 aromatic rings. The number of aromatic nitrogens is 1. The predicted molar refractivity (Wildman–Crippen MR) is 91.4 cm³/mol. The van der Waals surface area contributed by atoms with Gasteiger partial charge in [0.15, 0.2) is 0 Å². The summed E-state index contributed by atoms with van der Waals surface area (Å²) >= 11 is 1.47. The second-order valence-corrected chi connectivity index (χ2v) is 7.62. The lowest BCUT2D eigenvalue weighted by atomic mass is 9.75. The highest BCUT2D eigenvalue weighted by atomic mass is 32.1. The quantitative estimate of drug-likeness (QED) is 0.894. The SMILES string of the molecule is Cc1nc(C(=O)N[C@@H](c2ccc3c(c2)CCO3)C2CC(O)C2)cs1. The molecule has 1 amide bonds. The standard InChI is InChI=1S/C18H20N2O3S/c1-10-19-15(9-24-10)18(22)20-17(13-7-14(21)8-13)12-2-3-16-11(6-12)4-5-23-16/h2-3,6,9,13-14,17,21H,4-5,7-8H2,1H3,(H,20,22)/t13?,14?,17-/m0/s1. The molecule has 6 heteroatoms. The van der Waals surface area contributed by atoms with Gasteiger partial charge in [-0.05, 0) is 48.9 Å². The highest BCUT2D eigenvalue weighted by molar-refractivity contribution is 7.09. The summed E-state index contributed by atoms with van der Waals surface area (Å²) in [6.45, 7) is 2.61. The number of benzene rings is 1. The number of aryl methyl sites for hydroxylation is 1. The molecule has 0 saturated heterocycles. The summed E-state index contributed by atoms with van der Waals surface area (Å²) < 4.78 is 5.57. The van der Waals surface area contributed by atoms with Crippen molar-refractivity contribution >= 4 is 17.2 Å². The number of hydrogen-bond donors (Lipinski definition) is 2. The van der Waals surface area contributed by atoms with E-state index in [4.69, 9.17) is 4.74 Å². The zero-order valence-electron chi connectivity index (χ0n) is 13.5. The number of nitrogens with one attached hydrogen (secondary N) is 1. The second-order valence-electron chi connectivity index (χ2n) is 6.55. The Hall–Kier alpha value is -1.92. The number of rotatable bonds is 4. The molecule has 1 aliphatic heterocycles. The van der Waals surface area contributed by atoms with Crippen molar-refractivity contribution in [2.24, 2.45) is 5.92 Å². The first-order valence-electron chi connectivity index (χ1n) is 8.27. The lowest BCUT2D eigenvalue weighted by molar-refractivity contribution is 0.0234. The monoisotopic (exact) mass is 344 g/mol. The third-order valence-corrected chi connectivity index (χ3v) is 5.61. The maximum Gasteiger partial charge on any atom is 0.271 e. The van der Waals surface area contributed by atoms with Crippen molar-refractivity contribution in [1.82, 2.24) is 10.3 Å². The third kappa shape index (κ3) is 2.91. The van der Waals surface area contributed by atoms with Gasteiger partial charge in [-0.1, -0.05) is 6.07 Å². The Morgan fingerprint density at radius 2 is 2.29 bits per heavy atom. The van der Waals surface area contributed by atoms with Gasteiger partial charge in [0.2, 0.25) is 0 Å². The fraction of sp³-hybridized carbons (Fsp3) is 0.444. The van der Waals surface area contributed by atoms with E-state index in [9.17, 15) is 9.90 Å². The van der Waals surface area contributed by atoms with E-state index in [2.05, 4.69) is 16.4 Å². The molecular formula is C18H20N2O3S. The zero-order valence-corrected chi connectivity index (χ0v) is 14.3. The van der Waals surface area contributed by atoms with Crippen LogP contribution < -0.4 is 10.1 Å². The number of thiazole rings is 1. The molecule has 5 nitrogen and oxygen atoms in total. The third-order valence-electron chi connectivity index (χ3n) is 4.83. The van der Waals surface area contributed by atoms with Gasteiger partial charge in [-0.3, -0.25) is 4.79 Å². The van der Waals surface area contributed by atoms with Crippen LogP contribution in [0.2, 0.25) is 0 Å². The number of carbonyl (C=O) groups is 1. The minimum absolute atomic E-state index is 0.103. The molecule has 0 radical (unpaired) electrons. The van der Waals surface area contributed by atoms with Crippen molar-refractivity contribution in [3.63, 3.8) is 0 Å². The smallest absolute Gasteiger partial charge is 0.271 e. The highest BCUT2D eigenvalue weighted by Gasteiger charge is 2.36. The molecular weight excluding hydrogens is 324 g/mol. The van der Waals surface area contributed by atoms with Crippen molar-refractivity contribution in [2.45, 2.75) is 38.3 Å². The molecule has 4 rings (SSSR count). The Labute approximate surface area is 144 Å². The van der Waals surface area contributed by atoms with E-state index in [0.717, 1.165) is 29.3 Å². The van der Waals surface area contributed by atoms with Crippen molar-refractivity contribution in [3.05, 3.63) is 45.4 Å². The molecule has 24 heavy (non-hydrogen) atoms. The fourth-order valence-electron chi connectivity index (χ4n) is 3.46. The molecule has 1 aliphatic carbocycles. The van der Waals surface area contributed by atoms with Crippen LogP contribution in [0.3, 0.4) is 0 Å². The largest absolute Gasteiger partial charge is 0.493 e. The lowest BCUT2D eigenvalue weighted by Gasteiger charge is -2.38. The Bertz CT molecular complexity index is 767. The van der Waals surface area contributed by atoms with E-state index in [1.807, 2.05) is 19.1 Å². The molecule has 126 valence electrons. The highest BCUT2D eigenvalue weighted by Crippen LogP contribution is 2.40. The van der Waals surface area contributed by atoms with Gasteiger partial charge in [-0.25, -0.2) is 4.98 Å². The first kappa shape index (κ1) is 15.6. The molecule has 2 N–H and O–H groups in total. The number of aliphatic hydroxyl groups excluding tert-OH is 1. The summed E-state index contributed by atoms with van der Waals surface area (Å²) in [5, 5.41) is 15.5. The second kappa shape index (κ2) is 6.18. The molecule has 2 heterocycles. The Kier molecular flexibility index (Phi) is 4.02. The van der Waals surface area contributed by atoms with Gasteiger partial charge in [0.05, 0.1) is 23.8 Å². The number of nitrogens with zero attached hydrogens (tertiary/aromatic N) is 1. The molecule has 1 aromatic carbocycles. The molecule has 0 unspecified atom stereocenters. The Morgan fingerprint density at radius 3 is 3.00 bits per heavy atom. The first-order valence-corrected chi connectivity index (χ1v) is 9.15. The maximum atomic E-state index is 12.5. The van der Waals surface area contributed by atoms with Crippen LogP contribution in [0.25, 0.3) is 0 Å². The number of ether oxygens (including phenoxy) is 1. The van der Waals surface area contributed by atoms with Gasteiger partial charge in [0.1, 0.15) is 11.4 Å². The average molecular weight is 344 g/mol. The summed E-state index contributed by atoms with van der Waals surface area (Å²) in [6, 6.07) is 6.03. The Balaban J connectivity index is 1.58. The summed E-state index contributed by atoms with van der Waals surface area (Å²) in [6.07, 6.45) is 2.08. The summed E-state index contributed by atoms with van der Waals surface area (Å²) in [7, 11) is 0. The molecule has 0 bridgehead atoms. The number of fused-ring (bicyclic) bond motifs is 1. The molecule has 1 aromatic heterocycles. The summed E-state index contributed by atoms with van der Waals surface area (Å²) in [5.74, 6) is 1.04. The first-order chi connectivity index (χ1) is 11.6. The van der Waals surface area contributed by atoms with Crippen LogP contribution in [-0.2, 0) is 6.42 Å².